The van der Waals surface area contributed by atoms with Gasteiger partial charge in [0.25, 0.3) is 0 Å². The van der Waals surface area contributed by atoms with Gasteiger partial charge in [0.15, 0.2) is 37.0 Å². The predicted molar refractivity (Wildman–Crippen MR) is 195 cm³/mol. The van der Waals surface area contributed by atoms with Crippen molar-refractivity contribution in [3.8, 4) is 0 Å². The fourth-order valence-corrected chi connectivity index (χ4v) is 7.25. The van der Waals surface area contributed by atoms with Crippen LogP contribution in [0.3, 0.4) is 0 Å². The molecule has 2 aromatic carbocycles. The molecule has 0 spiro atoms. The molecular weight excluding hydrogens is 789 g/mol. The summed E-state index contributed by atoms with van der Waals surface area (Å²) in [6.07, 6.45) is -15.4. The minimum Gasteiger partial charge on any atom is -0.463 e. The predicted octanol–water partition coefficient (Wildman–Crippen LogP) is 3.19. The third kappa shape index (κ3) is 13.7. The summed E-state index contributed by atoms with van der Waals surface area (Å²) in [4.78, 5) is 75.4. The van der Waals surface area contributed by atoms with Crippen molar-refractivity contribution >= 4 is 43.6 Å². The first-order valence-electron chi connectivity index (χ1n) is 19.8. The summed E-state index contributed by atoms with van der Waals surface area (Å²) in [5.74, 6) is -5.97. The summed E-state index contributed by atoms with van der Waals surface area (Å²) in [5.41, 5.74) is 1.12. The topological polar surface area (TPSA) is 233 Å². The van der Waals surface area contributed by atoms with Gasteiger partial charge in [-0.2, -0.15) is 0 Å². The highest BCUT2D eigenvalue weighted by Crippen LogP contribution is 2.53. The highest BCUT2D eigenvalue weighted by atomic mass is 31.2. The number of carbonyl (C=O) groups is 6. The second-order valence-corrected chi connectivity index (χ2v) is 14.5. The molecule has 2 saturated heterocycles. The second kappa shape index (κ2) is 21.3. The van der Waals surface area contributed by atoms with Crippen LogP contribution in [0.4, 0.5) is 0 Å². The Morgan fingerprint density at radius 2 is 1.17 bits per heavy atom. The molecule has 0 aromatic heterocycles. The number of phosphoric ester groups is 1. The van der Waals surface area contributed by atoms with E-state index in [9.17, 15) is 33.3 Å². The second-order valence-electron chi connectivity index (χ2n) is 12.9. The molecule has 1 N–H and O–H groups in total. The lowest BCUT2D eigenvalue weighted by molar-refractivity contribution is -0.339. The van der Waals surface area contributed by atoms with Gasteiger partial charge in [-0.3, -0.25) is 42.3 Å². The summed E-state index contributed by atoms with van der Waals surface area (Å²) < 4.78 is 101. The van der Waals surface area contributed by atoms with Crippen LogP contribution in [0.15, 0.2) is 60.7 Å². The Kier molecular flexibility index (Phi) is 15.2. The third-order valence-electron chi connectivity index (χ3n) is 8.29. The number of hydrogen-bond donors (Lipinski definition) is 1. The van der Waals surface area contributed by atoms with Crippen LogP contribution >= 0.6 is 7.82 Å². The zero-order valence-electron chi connectivity index (χ0n) is 35.1. The molecule has 2 aliphatic rings. The summed E-state index contributed by atoms with van der Waals surface area (Å²) in [6.45, 7) is 0.493. The monoisotopic (exact) mass is 840 g/mol. The van der Waals surface area contributed by atoms with Crippen molar-refractivity contribution in [2.24, 2.45) is 0 Å². The van der Waals surface area contributed by atoms with Crippen molar-refractivity contribution in [2.75, 3.05) is 6.61 Å². The van der Waals surface area contributed by atoms with Gasteiger partial charge in [-0.25, -0.2) is 4.57 Å². The molecule has 0 saturated carbocycles. The van der Waals surface area contributed by atoms with E-state index >= 15 is 0 Å². The van der Waals surface area contributed by atoms with Crippen molar-refractivity contribution in [1.29, 1.82) is 0 Å². The number of amides is 1. The highest BCUT2D eigenvalue weighted by molar-refractivity contribution is 7.48. The summed E-state index contributed by atoms with van der Waals surface area (Å²) in [7, 11) is -4.79. The van der Waals surface area contributed by atoms with Crippen LogP contribution in [-0.4, -0.2) is 104 Å². The molecule has 0 radical (unpaired) electrons. The van der Waals surface area contributed by atoms with Gasteiger partial charge in [0, 0.05) is 45.6 Å². The van der Waals surface area contributed by atoms with E-state index in [0.29, 0.717) is 11.1 Å². The van der Waals surface area contributed by atoms with Crippen molar-refractivity contribution in [3.05, 3.63) is 71.8 Å². The molecule has 2 fully saturated rings. The van der Waals surface area contributed by atoms with Gasteiger partial charge < -0.3 is 43.2 Å². The summed E-state index contributed by atoms with van der Waals surface area (Å²) in [5, 5.41) is 2.56. The first-order valence-corrected chi connectivity index (χ1v) is 19.2. The van der Waals surface area contributed by atoms with E-state index in [2.05, 4.69) is 5.32 Å². The van der Waals surface area contributed by atoms with Gasteiger partial charge in [0.2, 0.25) is 5.91 Å². The fraction of sp³-hybridized carbons (Fsp3) is 0.526. The summed E-state index contributed by atoms with van der Waals surface area (Å²) in [6, 6.07) is 15.4. The van der Waals surface area contributed by atoms with Crippen LogP contribution in [0.25, 0.3) is 0 Å². The van der Waals surface area contributed by atoms with E-state index in [0.717, 1.165) is 20.8 Å². The molecule has 58 heavy (non-hydrogen) atoms. The fourth-order valence-electron chi connectivity index (χ4n) is 6.01. The van der Waals surface area contributed by atoms with E-state index in [-0.39, 0.29) is 13.2 Å². The average Bonchev–Trinajstić information content (AvgIpc) is 3.23. The number of carbonyl (C=O) groups excluding carboxylic acids is 6. The molecule has 20 heteroatoms. The van der Waals surface area contributed by atoms with Gasteiger partial charge in [-0.05, 0) is 18.1 Å². The van der Waals surface area contributed by atoms with Crippen LogP contribution in [0, 0.1) is 0 Å². The van der Waals surface area contributed by atoms with E-state index in [1.807, 2.05) is 0 Å². The smallest absolute Gasteiger partial charge is 0.463 e. The molecule has 19 nitrogen and oxygen atoms in total. The maximum Gasteiger partial charge on any atom is 0.477 e. The van der Waals surface area contributed by atoms with Crippen LogP contribution < -0.4 is 5.32 Å². The minimum absolute atomic E-state index is 0.307. The van der Waals surface area contributed by atoms with Gasteiger partial charge in [-0.15, -0.1) is 0 Å². The standard InChI is InChI=1S/C38H48NO18P/c1-21-32(51-24(4)42)35(53-26(6)44)36(54-27(7)45)38(50-21)56-34-31(39-22(2)40)37(55-30(20-47-23(3)41)33(34)52-25(5)43)57-58(46,48-18-28-14-10-8-11-15-28)49-19-29-16-12-9-13-17-29/h8-17,21,30-38H,18-20H2,1-7H3,(H,39,40)/t21-,30+,31+,32-,33+,34+,35+,36+,37+,38?/m0/s1/i4D,6D,7D. The zero-order chi connectivity index (χ0) is 44.7. The lowest BCUT2D eigenvalue weighted by Crippen LogP contribution is -2.69. The number of phosphoric acid groups is 1. The minimum atomic E-state index is -4.79. The Morgan fingerprint density at radius 3 is 1.67 bits per heavy atom. The van der Waals surface area contributed by atoms with Crippen molar-refractivity contribution in [2.45, 2.75) is 123 Å². The number of rotatable bonds is 17. The summed E-state index contributed by atoms with van der Waals surface area (Å²) >= 11 is 0. The van der Waals surface area contributed by atoms with Crippen LogP contribution in [0.1, 0.15) is 63.6 Å². The third-order valence-corrected chi connectivity index (χ3v) is 9.64. The molecule has 0 aliphatic carbocycles. The molecule has 0 bridgehead atoms. The maximum absolute atomic E-state index is 14.7. The Labute approximate surface area is 338 Å². The normalized spacial score (nSPS) is 27.7. The lowest BCUT2D eigenvalue weighted by atomic mass is 9.95. The number of ether oxygens (including phenoxy) is 8. The molecule has 4 rings (SSSR count). The molecule has 1 unspecified atom stereocenters. The first kappa shape index (κ1) is 41.4. The van der Waals surface area contributed by atoms with Crippen LogP contribution in [0.5, 0.6) is 0 Å². The average molecular weight is 841 g/mol. The Balaban J connectivity index is 1.84. The Bertz CT molecular complexity index is 1800. The molecule has 2 aliphatic heterocycles. The Morgan fingerprint density at radius 1 is 0.655 bits per heavy atom. The number of esters is 5. The van der Waals surface area contributed by atoms with Gasteiger partial charge in [0.05, 0.1) is 19.3 Å². The Hall–Kier alpha value is -4.75. The largest absolute Gasteiger partial charge is 0.477 e. The van der Waals surface area contributed by atoms with Crippen molar-refractivity contribution < 1.29 is 88.9 Å². The van der Waals surface area contributed by atoms with Crippen LogP contribution in [-0.2, 0) is 98.0 Å². The lowest BCUT2D eigenvalue weighted by Gasteiger charge is -2.49. The molecule has 1 amide bonds. The quantitative estimate of drug-likeness (QED) is 0.137. The van der Waals surface area contributed by atoms with Crippen molar-refractivity contribution in [1.82, 2.24) is 5.32 Å². The zero-order valence-corrected chi connectivity index (χ0v) is 33.0. The number of hydrogen-bond acceptors (Lipinski definition) is 18. The van der Waals surface area contributed by atoms with E-state index < -0.39 is 132 Å². The number of benzene rings is 2. The molecule has 318 valence electrons. The number of nitrogens with one attached hydrogen (secondary N) is 1. The van der Waals surface area contributed by atoms with E-state index in [1.165, 1.54) is 6.92 Å². The van der Waals surface area contributed by atoms with Crippen molar-refractivity contribution in [3.63, 3.8) is 0 Å². The van der Waals surface area contributed by atoms with E-state index in [1.54, 1.807) is 60.7 Å². The molecule has 10 atom stereocenters. The highest BCUT2D eigenvalue weighted by Gasteiger charge is 2.57. The van der Waals surface area contributed by atoms with Gasteiger partial charge >= 0.3 is 37.7 Å². The van der Waals surface area contributed by atoms with Gasteiger partial charge in [-0.1, -0.05) is 60.7 Å². The maximum atomic E-state index is 14.7. The van der Waals surface area contributed by atoms with Crippen LogP contribution in [0.2, 0.25) is 0 Å². The molecule has 2 heterocycles. The first-order chi connectivity index (χ1) is 29.1. The van der Waals surface area contributed by atoms with Gasteiger partial charge in [0.1, 0.15) is 24.9 Å². The molecule has 2 aromatic rings. The van der Waals surface area contributed by atoms with E-state index in [4.69, 9.17) is 55.6 Å². The SMILES string of the molecule is [2H]CC(=O)O[C@@H]1[C@@H](OC(=O)C[2H])[C@@H](OC(=O)C[2H])C(O[C@@H]2[C@@H](NC(C)=O)[C@@H](OP(=O)(OCc3ccccc3)OCc3ccccc3)O[C@H](COC(C)=O)[C@H]2OC(C)=O)O[C@H]1C. The molecular formula is C38H48NO18P.